The van der Waals surface area contributed by atoms with E-state index in [-0.39, 0.29) is 12.6 Å². The van der Waals surface area contributed by atoms with E-state index >= 15 is 0 Å². The molecular weight excluding hydrogens is 592 g/mol. The Labute approximate surface area is 253 Å². The molecule has 2 amide bonds. The number of nitrogens with zero attached hydrogens (tertiary/aromatic N) is 2. The molecule has 0 aromatic rings. The summed E-state index contributed by atoms with van der Waals surface area (Å²) in [5.41, 5.74) is 0. The van der Waals surface area contributed by atoms with E-state index in [1.807, 2.05) is 0 Å². The maximum Gasteiger partial charge on any atom is 0.287 e. The maximum atomic E-state index is 12.2. The van der Waals surface area contributed by atoms with Gasteiger partial charge in [0.05, 0.1) is 31.8 Å². The Hall–Kier alpha value is -2.23. The van der Waals surface area contributed by atoms with Gasteiger partial charge in [-0.15, -0.1) is 0 Å². The molecule has 0 aromatic carbocycles. The van der Waals surface area contributed by atoms with Crippen molar-refractivity contribution in [3.63, 3.8) is 0 Å². The number of fused-ring (bicyclic) bond motifs is 1. The topological polar surface area (TPSA) is 251 Å². The highest BCUT2D eigenvalue weighted by molar-refractivity contribution is 5.76. The second-order valence-electron chi connectivity index (χ2n) is 11.6. The standard InChI is InChI=1S/C26H44N4O14/c1-9(33)27-15-18(36)17(35)13(8-39-5)41-24(15)43-23-12(7-32)40-25(16(20(23)38)28-10(2)34)42-22-11(6-31)21-14(19(22)37)29-26(44-21)30(3)4/h11-25,31-32,35-38H,6-8H2,1-5H3,(H,27,33)(H,28,34)/t11-,12+,13+,14+,15+,16+,17+,18-,19+,20+,21-,22+,23+,24-,25-/m0/s1. The Kier molecular flexibility index (Phi) is 11.4. The van der Waals surface area contributed by atoms with Gasteiger partial charge < -0.3 is 74.6 Å². The van der Waals surface area contributed by atoms with E-state index in [9.17, 15) is 40.2 Å². The van der Waals surface area contributed by atoms with Gasteiger partial charge >= 0.3 is 0 Å². The van der Waals surface area contributed by atoms with Crippen LogP contribution in [0, 0.1) is 5.92 Å². The molecule has 1 saturated carbocycles. The molecule has 0 spiro atoms. The van der Waals surface area contributed by atoms with Crippen molar-refractivity contribution in [2.75, 3.05) is 41.0 Å². The van der Waals surface area contributed by atoms with Crippen LogP contribution in [0.15, 0.2) is 4.99 Å². The number of rotatable bonds is 10. The number of aliphatic hydroxyl groups excluding tert-OH is 6. The summed E-state index contributed by atoms with van der Waals surface area (Å²) < 4.78 is 34.8. The molecule has 18 nitrogen and oxygen atoms in total. The number of carbonyl (C=O) groups excluding carboxylic acids is 2. The van der Waals surface area contributed by atoms with E-state index in [0.29, 0.717) is 0 Å². The van der Waals surface area contributed by atoms with Crippen LogP contribution in [0.3, 0.4) is 0 Å². The van der Waals surface area contributed by atoms with Gasteiger partial charge in [-0.2, -0.15) is 0 Å². The van der Waals surface area contributed by atoms with Gasteiger partial charge in [-0.3, -0.25) is 9.59 Å². The largest absolute Gasteiger partial charge is 0.459 e. The minimum Gasteiger partial charge on any atom is -0.459 e. The van der Waals surface area contributed by atoms with Gasteiger partial charge in [0.15, 0.2) is 12.6 Å². The maximum absolute atomic E-state index is 12.2. The van der Waals surface area contributed by atoms with E-state index in [4.69, 9.17) is 28.4 Å². The third kappa shape index (κ3) is 6.95. The summed E-state index contributed by atoms with van der Waals surface area (Å²) in [6, 6.07) is -3.11. The molecule has 1 aliphatic carbocycles. The molecular formula is C26H44N4O14. The summed E-state index contributed by atoms with van der Waals surface area (Å²) in [5.74, 6) is -1.92. The van der Waals surface area contributed by atoms with Gasteiger partial charge in [0.25, 0.3) is 6.02 Å². The van der Waals surface area contributed by atoms with Crippen LogP contribution >= 0.6 is 0 Å². The fourth-order valence-electron chi connectivity index (χ4n) is 6.07. The van der Waals surface area contributed by atoms with Crippen LogP contribution < -0.4 is 10.6 Å². The first-order valence-electron chi connectivity index (χ1n) is 14.3. The summed E-state index contributed by atoms with van der Waals surface area (Å²) in [7, 11) is 4.79. The fraction of sp³-hybridized carbons (Fsp3) is 0.885. The Morgan fingerprint density at radius 2 is 1.41 bits per heavy atom. The Morgan fingerprint density at radius 3 is 1.93 bits per heavy atom. The highest BCUT2D eigenvalue weighted by atomic mass is 16.7. The minimum atomic E-state index is -1.64. The molecule has 0 aromatic heterocycles. The highest BCUT2D eigenvalue weighted by Gasteiger charge is 2.58. The first-order valence-corrected chi connectivity index (χ1v) is 14.3. The Morgan fingerprint density at radius 1 is 0.841 bits per heavy atom. The van der Waals surface area contributed by atoms with Crippen LogP contribution in [0.5, 0.6) is 0 Å². The summed E-state index contributed by atoms with van der Waals surface area (Å²) in [5, 5.41) is 69.3. The molecule has 0 bridgehead atoms. The molecule has 2 saturated heterocycles. The zero-order valence-electron chi connectivity index (χ0n) is 25.1. The molecule has 8 N–H and O–H groups in total. The zero-order valence-corrected chi connectivity index (χ0v) is 25.1. The number of methoxy groups -OCH3 is 1. The number of amidine groups is 1. The lowest BCUT2D eigenvalue weighted by Crippen LogP contribution is -2.69. The second kappa shape index (κ2) is 14.5. The van der Waals surface area contributed by atoms with Crippen molar-refractivity contribution in [2.45, 2.75) is 99.5 Å². The quantitative estimate of drug-likeness (QED) is 0.111. The van der Waals surface area contributed by atoms with E-state index in [1.54, 1.807) is 19.0 Å². The predicted molar refractivity (Wildman–Crippen MR) is 146 cm³/mol. The number of hydrogen-bond donors (Lipinski definition) is 8. The number of nitrogens with one attached hydrogen (secondary N) is 2. The average molecular weight is 637 g/mol. The van der Waals surface area contributed by atoms with Crippen molar-refractivity contribution in [2.24, 2.45) is 10.9 Å². The second-order valence-corrected chi connectivity index (χ2v) is 11.6. The number of amides is 2. The molecule has 3 fully saturated rings. The molecule has 3 heterocycles. The van der Waals surface area contributed by atoms with Crippen molar-refractivity contribution in [3.8, 4) is 0 Å². The number of hydrogen-bond acceptors (Lipinski definition) is 16. The van der Waals surface area contributed by atoms with Crippen LogP contribution in [0.4, 0.5) is 0 Å². The van der Waals surface area contributed by atoms with Gasteiger partial charge in [-0.05, 0) is 0 Å². The molecule has 0 unspecified atom stereocenters. The molecule has 15 atom stereocenters. The smallest absolute Gasteiger partial charge is 0.287 e. The summed E-state index contributed by atoms with van der Waals surface area (Å²) in [6.07, 6.45) is -14.5. The first kappa shape index (κ1) is 34.6. The lowest BCUT2D eigenvalue weighted by Gasteiger charge is -2.48. The lowest BCUT2D eigenvalue weighted by molar-refractivity contribution is -0.339. The summed E-state index contributed by atoms with van der Waals surface area (Å²) in [4.78, 5) is 30.1. The fourth-order valence-corrected chi connectivity index (χ4v) is 6.07. The Bertz CT molecular complexity index is 1040. The van der Waals surface area contributed by atoms with E-state index in [2.05, 4.69) is 15.6 Å². The number of carbonyl (C=O) groups is 2. The van der Waals surface area contributed by atoms with Crippen molar-refractivity contribution in [1.82, 2.24) is 15.5 Å². The monoisotopic (exact) mass is 636 g/mol. The molecule has 3 aliphatic heterocycles. The molecule has 252 valence electrons. The zero-order chi connectivity index (χ0) is 32.5. The SMILES string of the molecule is COC[C@H]1O[C@@H](O[C@H]2[C@H](O)[C@@H](NC(C)=O)[C@H](O[C@H]3[C@H](O)[C@H]4N=C(N(C)C)O[C@H]4[C@@H]3CO)O[C@@H]2CO)[C@H](NC(C)=O)[C@H](O)[C@@H]1O. The van der Waals surface area contributed by atoms with Crippen LogP contribution in [0.25, 0.3) is 0 Å². The normalized spacial score (nSPS) is 43.5. The molecule has 4 aliphatic rings. The van der Waals surface area contributed by atoms with E-state index in [0.717, 1.165) is 0 Å². The van der Waals surface area contributed by atoms with E-state index in [1.165, 1.54) is 21.0 Å². The summed E-state index contributed by atoms with van der Waals surface area (Å²) in [6.45, 7) is 1.06. The number of aliphatic hydroxyl groups is 6. The van der Waals surface area contributed by atoms with Gasteiger partial charge in [-0.25, -0.2) is 4.99 Å². The third-order valence-electron chi connectivity index (χ3n) is 8.17. The van der Waals surface area contributed by atoms with Crippen molar-refractivity contribution in [1.29, 1.82) is 0 Å². The molecule has 4 rings (SSSR count). The molecule has 18 heteroatoms. The van der Waals surface area contributed by atoms with E-state index < -0.39 is 117 Å². The van der Waals surface area contributed by atoms with Crippen LogP contribution in [-0.2, 0) is 38.0 Å². The van der Waals surface area contributed by atoms with Gasteiger partial charge in [-0.1, -0.05) is 0 Å². The molecule has 0 radical (unpaired) electrons. The molecule has 44 heavy (non-hydrogen) atoms. The van der Waals surface area contributed by atoms with Crippen molar-refractivity contribution in [3.05, 3.63) is 0 Å². The van der Waals surface area contributed by atoms with Crippen molar-refractivity contribution < 1.29 is 68.6 Å². The highest BCUT2D eigenvalue weighted by Crippen LogP contribution is 2.39. The minimum absolute atomic E-state index is 0.149. The lowest BCUT2D eigenvalue weighted by atomic mass is 9.94. The third-order valence-corrected chi connectivity index (χ3v) is 8.17. The van der Waals surface area contributed by atoms with Crippen LogP contribution in [0.2, 0.25) is 0 Å². The van der Waals surface area contributed by atoms with Gasteiger partial charge in [0.1, 0.15) is 67.0 Å². The Balaban J connectivity index is 1.57. The van der Waals surface area contributed by atoms with Crippen molar-refractivity contribution >= 4 is 17.8 Å². The van der Waals surface area contributed by atoms with Crippen LogP contribution in [-0.4, -0.2) is 180 Å². The predicted octanol–water partition coefficient (Wildman–Crippen LogP) is -5.39. The number of ether oxygens (including phenoxy) is 6. The van der Waals surface area contributed by atoms with Gasteiger partial charge in [0, 0.05) is 35.1 Å². The number of aliphatic imine (C=N–C) groups is 1. The average Bonchev–Trinajstić information content (AvgIpc) is 3.50. The summed E-state index contributed by atoms with van der Waals surface area (Å²) >= 11 is 0. The first-order chi connectivity index (χ1) is 20.8. The van der Waals surface area contributed by atoms with Crippen LogP contribution in [0.1, 0.15) is 13.8 Å². The van der Waals surface area contributed by atoms with Gasteiger partial charge in [0.2, 0.25) is 11.8 Å².